The molecule has 0 amide bonds. The molecule has 1 rings (SSSR count). The highest BCUT2D eigenvalue weighted by Crippen LogP contribution is 2.15. The van der Waals surface area contributed by atoms with Crippen LogP contribution in [0.3, 0.4) is 0 Å². The highest BCUT2D eigenvalue weighted by molar-refractivity contribution is 4.72. The molecule has 1 atom stereocenters. The minimum Gasteiger partial charge on any atom is -0.385 e. The smallest absolute Gasteiger partial charge is 0.0474 e. The second-order valence-electron chi connectivity index (χ2n) is 4.83. The van der Waals surface area contributed by atoms with Gasteiger partial charge in [-0.15, -0.1) is 0 Å². The van der Waals surface area contributed by atoms with Gasteiger partial charge < -0.3 is 15.0 Å². The van der Waals surface area contributed by atoms with Crippen molar-refractivity contribution in [3.63, 3.8) is 0 Å². The van der Waals surface area contributed by atoms with Gasteiger partial charge in [-0.1, -0.05) is 6.42 Å². The first-order valence-corrected chi connectivity index (χ1v) is 6.78. The van der Waals surface area contributed by atoms with Crippen LogP contribution in [0.5, 0.6) is 0 Å². The lowest BCUT2D eigenvalue weighted by Crippen LogP contribution is -2.38. The number of rotatable bonds is 8. The van der Waals surface area contributed by atoms with Crippen molar-refractivity contribution in [3.05, 3.63) is 0 Å². The van der Waals surface area contributed by atoms with E-state index in [9.17, 15) is 0 Å². The molecule has 1 N–H and O–H groups in total. The van der Waals surface area contributed by atoms with Gasteiger partial charge in [0, 0.05) is 19.8 Å². The fourth-order valence-electron chi connectivity index (χ4n) is 2.36. The topological polar surface area (TPSA) is 24.5 Å². The summed E-state index contributed by atoms with van der Waals surface area (Å²) in [4.78, 5) is 2.64. The predicted octanol–water partition coefficient (Wildman–Crippen LogP) is 1.88. The van der Waals surface area contributed by atoms with E-state index in [1.165, 1.54) is 38.8 Å². The van der Waals surface area contributed by atoms with Crippen molar-refractivity contribution in [2.24, 2.45) is 0 Å². The predicted molar refractivity (Wildman–Crippen MR) is 68.9 cm³/mol. The third-order valence-corrected chi connectivity index (χ3v) is 3.44. The number of nitrogens with one attached hydrogen (secondary N) is 1. The zero-order valence-electron chi connectivity index (χ0n) is 11.0. The van der Waals surface area contributed by atoms with Gasteiger partial charge in [0.2, 0.25) is 0 Å². The van der Waals surface area contributed by atoms with Crippen LogP contribution in [0.1, 0.15) is 39.0 Å². The van der Waals surface area contributed by atoms with Crippen molar-refractivity contribution in [1.82, 2.24) is 10.2 Å². The molecule has 1 aliphatic rings. The van der Waals surface area contributed by atoms with Gasteiger partial charge in [-0.25, -0.2) is 0 Å². The molecule has 3 heteroatoms. The van der Waals surface area contributed by atoms with Gasteiger partial charge >= 0.3 is 0 Å². The number of ether oxygens (including phenoxy) is 1. The monoisotopic (exact) mass is 228 g/mol. The molecule has 3 nitrogen and oxygen atoms in total. The van der Waals surface area contributed by atoms with Crippen LogP contribution in [0.25, 0.3) is 0 Å². The summed E-state index contributed by atoms with van der Waals surface area (Å²) in [5, 5.41) is 3.47. The van der Waals surface area contributed by atoms with Gasteiger partial charge in [-0.2, -0.15) is 0 Å². The fourth-order valence-corrected chi connectivity index (χ4v) is 2.36. The SMILES string of the molecule is COCCCNCCCN1CCCCC1C. The second-order valence-corrected chi connectivity index (χ2v) is 4.83. The molecule has 0 bridgehead atoms. The van der Waals surface area contributed by atoms with E-state index in [0.29, 0.717) is 0 Å². The average molecular weight is 228 g/mol. The molecule has 0 aliphatic carbocycles. The maximum atomic E-state index is 5.01. The van der Waals surface area contributed by atoms with E-state index in [1.54, 1.807) is 7.11 Å². The van der Waals surface area contributed by atoms with Crippen molar-refractivity contribution in [2.45, 2.75) is 45.1 Å². The van der Waals surface area contributed by atoms with E-state index in [2.05, 4.69) is 17.1 Å². The summed E-state index contributed by atoms with van der Waals surface area (Å²) in [6.45, 7) is 8.04. The Balaban J connectivity index is 1.90. The Hall–Kier alpha value is -0.120. The van der Waals surface area contributed by atoms with Crippen molar-refractivity contribution >= 4 is 0 Å². The highest BCUT2D eigenvalue weighted by Gasteiger charge is 2.16. The van der Waals surface area contributed by atoms with Gasteiger partial charge in [-0.3, -0.25) is 0 Å². The molecule has 1 heterocycles. The largest absolute Gasteiger partial charge is 0.385 e. The normalized spacial score (nSPS) is 22.5. The van der Waals surface area contributed by atoms with Gasteiger partial charge in [0.15, 0.2) is 0 Å². The summed E-state index contributed by atoms with van der Waals surface area (Å²) in [6.07, 6.45) is 6.60. The third-order valence-electron chi connectivity index (χ3n) is 3.44. The summed E-state index contributed by atoms with van der Waals surface area (Å²) in [6, 6.07) is 0.808. The zero-order valence-corrected chi connectivity index (χ0v) is 11.0. The molecule has 1 unspecified atom stereocenters. The second kappa shape index (κ2) is 8.97. The highest BCUT2D eigenvalue weighted by atomic mass is 16.5. The van der Waals surface area contributed by atoms with Crippen molar-refractivity contribution in [3.8, 4) is 0 Å². The van der Waals surface area contributed by atoms with Crippen LogP contribution in [0.15, 0.2) is 0 Å². The van der Waals surface area contributed by atoms with Crippen LogP contribution < -0.4 is 5.32 Å². The Morgan fingerprint density at radius 1 is 1.25 bits per heavy atom. The lowest BCUT2D eigenvalue weighted by Gasteiger charge is -2.33. The minimum absolute atomic E-state index is 0.808. The fraction of sp³-hybridized carbons (Fsp3) is 1.00. The van der Waals surface area contributed by atoms with Gasteiger partial charge in [0.25, 0.3) is 0 Å². The quantitative estimate of drug-likeness (QED) is 0.642. The molecule has 1 fully saturated rings. The molecule has 0 aromatic carbocycles. The Morgan fingerprint density at radius 2 is 2.06 bits per heavy atom. The van der Waals surface area contributed by atoms with Crippen LogP contribution in [-0.4, -0.2) is 50.8 Å². The molecule has 0 aromatic heterocycles. The lowest BCUT2D eigenvalue weighted by molar-refractivity contribution is 0.158. The van der Waals surface area contributed by atoms with Gasteiger partial charge in [-0.05, 0) is 58.8 Å². The average Bonchev–Trinajstić information content (AvgIpc) is 2.30. The molecule has 0 aromatic rings. The van der Waals surface area contributed by atoms with Crippen molar-refractivity contribution in [2.75, 3.05) is 39.9 Å². The van der Waals surface area contributed by atoms with Crippen LogP contribution in [0.2, 0.25) is 0 Å². The molecule has 0 spiro atoms. The number of hydrogen-bond donors (Lipinski definition) is 1. The Labute approximate surface area is 101 Å². The first-order valence-electron chi connectivity index (χ1n) is 6.78. The van der Waals surface area contributed by atoms with Crippen LogP contribution in [0, 0.1) is 0 Å². The molecule has 0 radical (unpaired) electrons. The van der Waals surface area contributed by atoms with Gasteiger partial charge in [0.05, 0.1) is 0 Å². The molecule has 96 valence electrons. The summed E-state index contributed by atoms with van der Waals surface area (Å²) < 4.78 is 5.01. The molecule has 1 aliphatic heterocycles. The van der Waals surface area contributed by atoms with Crippen LogP contribution in [-0.2, 0) is 4.74 Å². The number of likely N-dealkylation sites (tertiary alicyclic amines) is 1. The first kappa shape index (κ1) is 13.9. The zero-order chi connectivity index (χ0) is 11.6. The van der Waals surface area contributed by atoms with E-state index in [1.807, 2.05) is 0 Å². The van der Waals surface area contributed by atoms with Crippen molar-refractivity contribution in [1.29, 1.82) is 0 Å². The van der Waals surface area contributed by atoms with E-state index in [4.69, 9.17) is 4.74 Å². The van der Waals surface area contributed by atoms with E-state index in [0.717, 1.165) is 32.2 Å². The minimum atomic E-state index is 0.808. The number of hydrogen-bond acceptors (Lipinski definition) is 3. The third kappa shape index (κ3) is 5.83. The summed E-state index contributed by atoms with van der Waals surface area (Å²) in [7, 11) is 1.76. The number of nitrogens with zero attached hydrogens (tertiary/aromatic N) is 1. The van der Waals surface area contributed by atoms with Crippen molar-refractivity contribution < 1.29 is 4.74 Å². The molecule has 1 saturated heterocycles. The van der Waals surface area contributed by atoms with E-state index < -0.39 is 0 Å². The standard InChI is InChI=1S/C13H28N2O/c1-13-7-3-4-10-15(13)11-5-8-14-9-6-12-16-2/h13-14H,3-12H2,1-2H3. The van der Waals surface area contributed by atoms with E-state index in [-0.39, 0.29) is 0 Å². The first-order chi connectivity index (χ1) is 7.84. The number of methoxy groups -OCH3 is 1. The van der Waals surface area contributed by atoms with Gasteiger partial charge in [0.1, 0.15) is 0 Å². The summed E-state index contributed by atoms with van der Waals surface area (Å²) in [5.74, 6) is 0. The number of piperidine rings is 1. The molecule has 16 heavy (non-hydrogen) atoms. The maximum absolute atomic E-state index is 5.01. The maximum Gasteiger partial charge on any atom is 0.0474 e. The molecular formula is C13H28N2O. The Bertz CT molecular complexity index is 164. The van der Waals surface area contributed by atoms with Crippen LogP contribution >= 0.6 is 0 Å². The lowest BCUT2D eigenvalue weighted by atomic mass is 10.0. The summed E-state index contributed by atoms with van der Waals surface area (Å²) >= 11 is 0. The molecule has 0 saturated carbocycles. The van der Waals surface area contributed by atoms with E-state index >= 15 is 0 Å². The summed E-state index contributed by atoms with van der Waals surface area (Å²) in [5.41, 5.74) is 0. The molecular weight excluding hydrogens is 200 g/mol. The Morgan fingerprint density at radius 3 is 2.81 bits per heavy atom. The Kier molecular flexibility index (Phi) is 7.81. The van der Waals surface area contributed by atoms with Crippen LogP contribution in [0.4, 0.5) is 0 Å².